The van der Waals surface area contributed by atoms with Gasteiger partial charge in [-0.05, 0) is 35.9 Å². The zero-order valence-electron chi connectivity index (χ0n) is 14.2. The number of amides is 4. The molecule has 0 radical (unpaired) electrons. The van der Waals surface area contributed by atoms with E-state index in [9.17, 15) is 18.8 Å². The number of anilines is 2. The van der Waals surface area contributed by atoms with Crippen LogP contribution < -0.4 is 15.1 Å². The summed E-state index contributed by atoms with van der Waals surface area (Å²) < 4.78 is 14.0. The lowest BCUT2D eigenvalue weighted by atomic mass is 10.1. The van der Waals surface area contributed by atoms with E-state index in [4.69, 9.17) is 0 Å². The van der Waals surface area contributed by atoms with Crippen molar-refractivity contribution in [2.75, 3.05) is 23.9 Å². The molecular weight excluding hydrogens is 337 g/mol. The number of benzene rings is 2. The number of nitrogens with zero attached hydrogens (tertiary/aromatic N) is 2. The highest BCUT2D eigenvalue weighted by Crippen LogP contribution is 2.24. The van der Waals surface area contributed by atoms with Gasteiger partial charge in [0.2, 0.25) is 0 Å². The van der Waals surface area contributed by atoms with Crippen LogP contribution in [0.3, 0.4) is 0 Å². The van der Waals surface area contributed by atoms with Gasteiger partial charge >= 0.3 is 6.03 Å². The summed E-state index contributed by atoms with van der Waals surface area (Å²) in [6.07, 6.45) is 1.37. The number of rotatable bonds is 3. The smallest absolute Gasteiger partial charge is 0.336 e. The number of carbonyl (C=O) groups is 3. The molecule has 0 spiro atoms. The number of halogens is 1. The molecule has 1 heterocycles. The first-order valence-electron chi connectivity index (χ1n) is 7.82. The number of hydrogen-bond donors (Lipinski definition) is 1. The third-order valence-electron chi connectivity index (χ3n) is 3.92. The van der Waals surface area contributed by atoms with Crippen molar-refractivity contribution in [1.29, 1.82) is 0 Å². The molecule has 3 rings (SSSR count). The molecule has 1 fully saturated rings. The van der Waals surface area contributed by atoms with Crippen molar-refractivity contribution in [3.05, 3.63) is 65.5 Å². The second-order valence-corrected chi connectivity index (χ2v) is 5.90. The Morgan fingerprint density at radius 3 is 2.27 bits per heavy atom. The third kappa shape index (κ3) is 3.19. The SMILES string of the molecule is CN(C)c1ccc(C=C2C(=O)NC(=O)N(c3ccccc3F)C2=O)cc1. The van der Waals surface area contributed by atoms with Crippen LogP contribution in [-0.4, -0.2) is 31.9 Å². The number of urea groups is 1. The first-order chi connectivity index (χ1) is 12.4. The lowest BCUT2D eigenvalue weighted by Crippen LogP contribution is -2.54. The molecule has 26 heavy (non-hydrogen) atoms. The molecule has 6 nitrogen and oxygen atoms in total. The maximum absolute atomic E-state index is 14.0. The summed E-state index contributed by atoms with van der Waals surface area (Å²) in [5.74, 6) is -2.43. The topological polar surface area (TPSA) is 69.7 Å². The molecule has 7 heteroatoms. The third-order valence-corrected chi connectivity index (χ3v) is 3.92. The van der Waals surface area contributed by atoms with Crippen LogP contribution in [0.5, 0.6) is 0 Å². The first-order valence-corrected chi connectivity index (χ1v) is 7.82. The van der Waals surface area contributed by atoms with Crippen molar-refractivity contribution in [2.45, 2.75) is 0 Å². The van der Waals surface area contributed by atoms with Crippen molar-refractivity contribution in [2.24, 2.45) is 0 Å². The molecule has 0 unspecified atom stereocenters. The molecule has 0 aliphatic carbocycles. The normalized spacial score (nSPS) is 16.0. The molecule has 0 atom stereocenters. The average molecular weight is 353 g/mol. The van der Waals surface area contributed by atoms with Crippen LogP contribution in [-0.2, 0) is 9.59 Å². The van der Waals surface area contributed by atoms with Crippen molar-refractivity contribution in [1.82, 2.24) is 5.32 Å². The van der Waals surface area contributed by atoms with Gasteiger partial charge in [-0.2, -0.15) is 0 Å². The van der Waals surface area contributed by atoms with E-state index < -0.39 is 23.7 Å². The lowest BCUT2D eigenvalue weighted by Gasteiger charge is -2.26. The van der Waals surface area contributed by atoms with Gasteiger partial charge in [0.05, 0.1) is 5.69 Å². The largest absolute Gasteiger partial charge is 0.378 e. The summed E-state index contributed by atoms with van der Waals surface area (Å²) in [6, 6.07) is 11.5. The molecule has 4 amide bonds. The Hall–Kier alpha value is -3.48. The van der Waals surface area contributed by atoms with Gasteiger partial charge in [0.1, 0.15) is 11.4 Å². The van der Waals surface area contributed by atoms with E-state index in [0.29, 0.717) is 10.5 Å². The Bertz CT molecular complexity index is 920. The molecule has 0 saturated carbocycles. The van der Waals surface area contributed by atoms with Crippen LogP contribution in [0.1, 0.15) is 5.56 Å². The second-order valence-electron chi connectivity index (χ2n) is 5.90. The van der Waals surface area contributed by atoms with Gasteiger partial charge in [0.25, 0.3) is 11.8 Å². The molecule has 1 N–H and O–H groups in total. The highest BCUT2D eigenvalue weighted by molar-refractivity contribution is 6.39. The summed E-state index contributed by atoms with van der Waals surface area (Å²) >= 11 is 0. The fourth-order valence-electron chi connectivity index (χ4n) is 2.54. The maximum atomic E-state index is 14.0. The average Bonchev–Trinajstić information content (AvgIpc) is 2.60. The fourth-order valence-corrected chi connectivity index (χ4v) is 2.54. The van der Waals surface area contributed by atoms with Gasteiger partial charge in [-0.1, -0.05) is 24.3 Å². The highest BCUT2D eigenvalue weighted by atomic mass is 19.1. The van der Waals surface area contributed by atoms with E-state index >= 15 is 0 Å². The number of imide groups is 2. The summed E-state index contributed by atoms with van der Waals surface area (Å²) in [7, 11) is 3.78. The van der Waals surface area contributed by atoms with Crippen LogP contribution >= 0.6 is 0 Å². The van der Waals surface area contributed by atoms with Crippen LogP contribution in [0.25, 0.3) is 6.08 Å². The molecule has 0 bridgehead atoms. The minimum absolute atomic E-state index is 0.212. The molecule has 2 aromatic rings. The van der Waals surface area contributed by atoms with E-state index in [2.05, 4.69) is 5.32 Å². The molecule has 1 aliphatic heterocycles. The van der Waals surface area contributed by atoms with Gasteiger partial charge in [0.15, 0.2) is 0 Å². The number of hydrogen-bond acceptors (Lipinski definition) is 4. The van der Waals surface area contributed by atoms with Gasteiger partial charge in [-0.25, -0.2) is 14.1 Å². The van der Waals surface area contributed by atoms with E-state index in [0.717, 1.165) is 11.8 Å². The van der Waals surface area contributed by atoms with E-state index in [1.165, 1.54) is 24.3 Å². The zero-order chi connectivity index (χ0) is 18.8. The first kappa shape index (κ1) is 17.3. The van der Waals surface area contributed by atoms with Crippen LogP contribution in [0.15, 0.2) is 54.1 Å². The quantitative estimate of drug-likeness (QED) is 0.680. The number of nitrogens with one attached hydrogen (secondary N) is 1. The summed E-state index contributed by atoms with van der Waals surface area (Å²) in [6.45, 7) is 0. The Balaban J connectivity index is 1.99. The molecule has 0 aromatic heterocycles. The molecule has 132 valence electrons. The predicted molar refractivity (Wildman–Crippen MR) is 96.2 cm³/mol. The highest BCUT2D eigenvalue weighted by Gasteiger charge is 2.37. The summed E-state index contributed by atoms with van der Waals surface area (Å²) in [4.78, 5) is 39.4. The van der Waals surface area contributed by atoms with Crippen molar-refractivity contribution >= 4 is 35.3 Å². The Morgan fingerprint density at radius 2 is 1.65 bits per heavy atom. The molecule has 1 saturated heterocycles. The number of carbonyl (C=O) groups excluding carboxylic acids is 3. The number of barbiturate groups is 1. The molecular formula is C19H16FN3O3. The zero-order valence-corrected chi connectivity index (χ0v) is 14.2. The Labute approximate surface area is 149 Å². The van der Waals surface area contributed by atoms with E-state index in [-0.39, 0.29) is 11.3 Å². The van der Waals surface area contributed by atoms with Gasteiger partial charge in [0, 0.05) is 19.8 Å². The summed E-state index contributed by atoms with van der Waals surface area (Å²) in [5, 5.41) is 2.07. The minimum atomic E-state index is -0.981. The van der Waals surface area contributed by atoms with Crippen molar-refractivity contribution in [3.63, 3.8) is 0 Å². The molecule has 1 aliphatic rings. The minimum Gasteiger partial charge on any atom is -0.378 e. The van der Waals surface area contributed by atoms with E-state index in [1.807, 2.05) is 31.1 Å². The van der Waals surface area contributed by atoms with Gasteiger partial charge in [-0.3, -0.25) is 14.9 Å². The summed E-state index contributed by atoms with van der Waals surface area (Å²) in [5.41, 5.74) is 1.11. The van der Waals surface area contributed by atoms with Crippen molar-refractivity contribution in [3.8, 4) is 0 Å². The van der Waals surface area contributed by atoms with Crippen LogP contribution in [0.4, 0.5) is 20.6 Å². The Morgan fingerprint density at radius 1 is 1.00 bits per heavy atom. The predicted octanol–water partition coefficient (Wildman–Crippen LogP) is 2.56. The monoisotopic (exact) mass is 353 g/mol. The Kier molecular flexibility index (Phi) is 4.53. The van der Waals surface area contributed by atoms with Gasteiger partial charge in [-0.15, -0.1) is 0 Å². The van der Waals surface area contributed by atoms with Gasteiger partial charge < -0.3 is 4.90 Å². The lowest BCUT2D eigenvalue weighted by molar-refractivity contribution is -0.122. The molecule has 2 aromatic carbocycles. The fraction of sp³-hybridized carbons (Fsp3) is 0.105. The van der Waals surface area contributed by atoms with Crippen LogP contribution in [0, 0.1) is 5.82 Å². The number of para-hydroxylation sites is 1. The standard InChI is InChI=1S/C19H16FN3O3/c1-22(2)13-9-7-12(8-10-13)11-14-17(24)21-19(26)23(18(14)25)16-6-4-3-5-15(16)20/h3-11H,1-2H3,(H,21,24,26). The second kappa shape index (κ2) is 6.79. The van der Waals surface area contributed by atoms with Crippen LogP contribution in [0.2, 0.25) is 0 Å². The van der Waals surface area contributed by atoms with E-state index in [1.54, 1.807) is 12.1 Å². The maximum Gasteiger partial charge on any atom is 0.336 e. The van der Waals surface area contributed by atoms with Crippen molar-refractivity contribution < 1.29 is 18.8 Å².